The van der Waals surface area contributed by atoms with Crippen molar-refractivity contribution in [2.75, 3.05) is 25.6 Å². The average Bonchev–Trinajstić information content (AvgIpc) is 3.23. The Morgan fingerprint density at radius 1 is 1.19 bits per heavy atom. The lowest BCUT2D eigenvalue weighted by Gasteiger charge is -2.22. The van der Waals surface area contributed by atoms with Crippen LogP contribution in [0, 0.1) is 0 Å². The lowest BCUT2D eigenvalue weighted by molar-refractivity contribution is 0.414. The number of methoxy groups -OCH3 is 1. The Bertz CT molecular complexity index is 925. The quantitative estimate of drug-likeness (QED) is 0.615. The second-order valence-electron chi connectivity index (χ2n) is 7.64. The summed E-state index contributed by atoms with van der Waals surface area (Å²) in [5.41, 5.74) is 6.24. The van der Waals surface area contributed by atoms with Crippen LogP contribution in [0.1, 0.15) is 32.3 Å². The first-order chi connectivity index (χ1) is 13.1. The maximum atomic E-state index is 5.65. The SMILES string of the molecule is CCN(C)c1ccc(-c2cc(OC)cc(C3(C)CC3)c2-n2cccn2)cc1. The van der Waals surface area contributed by atoms with Crippen molar-refractivity contribution in [3.63, 3.8) is 0 Å². The van der Waals surface area contributed by atoms with Crippen LogP contribution in [0.2, 0.25) is 0 Å². The van der Waals surface area contributed by atoms with E-state index in [-0.39, 0.29) is 5.41 Å². The molecular formula is C23H27N3O. The van der Waals surface area contributed by atoms with Crippen molar-refractivity contribution in [1.82, 2.24) is 9.78 Å². The highest BCUT2D eigenvalue weighted by molar-refractivity contribution is 5.79. The van der Waals surface area contributed by atoms with Gasteiger partial charge in [-0.05, 0) is 66.6 Å². The van der Waals surface area contributed by atoms with Gasteiger partial charge in [0.25, 0.3) is 0 Å². The molecule has 1 aromatic heterocycles. The molecule has 1 fully saturated rings. The van der Waals surface area contributed by atoms with E-state index in [0.29, 0.717) is 0 Å². The number of hydrogen-bond donors (Lipinski definition) is 0. The van der Waals surface area contributed by atoms with Crippen LogP contribution in [-0.2, 0) is 5.41 Å². The Kier molecular flexibility index (Phi) is 4.42. The van der Waals surface area contributed by atoms with Crippen LogP contribution < -0.4 is 9.64 Å². The summed E-state index contributed by atoms with van der Waals surface area (Å²) < 4.78 is 7.65. The first-order valence-corrected chi connectivity index (χ1v) is 9.60. The maximum absolute atomic E-state index is 5.65. The smallest absolute Gasteiger partial charge is 0.119 e. The van der Waals surface area contributed by atoms with Crippen molar-refractivity contribution in [3.8, 4) is 22.6 Å². The molecule has 140 valence electrons. The predicted molar refractivity (Wildman–Crippen MR) is 111 cm³/mol. The van der Waals surface area contributed by atoms with E-state index < -0.39 is 0 Å². The number of nitrogens with zero attached hydrogens (tertiary/aromatic N) is 3. The number of hydrogen-bond acceptors (Lipinski definition) is 3. The summed E-state index contributed by atoms with van der Waals surface area (Å²) in [5, 5.41) is 4.56. The Balaban J connectivity index is 1.91. The van der Waals surface area contributed by atoms with Gasteiger partial charge in [0.15, 0.2) is 0 Å². The maximum Gasteiger partial charge on any atom is 0.119 e. The molecule has 1 aliphatic carbocycles. The first kappa shape index (κ1) is 17.7. The number of aromatic nitrogens is 2. The summed E-state index contributed by atoms with van der Waals surface area (Å²) in [7, 11) is 3.85. The first-order valence-electron chi connectivity index (χ1n) is 9.60. The Hall–Kier alpha value is -2.75. The highest BCUT2D eigenvalue weighted by Gasteiger charge is 2.42. The van der Waals surface area contributed by atoms with Crippen LogP contribution >= 0.6 is 0 Å². The van der Waals surface area contributed by atoms with Gasteiger partial charge < -0.3 is 9.64 Å². The molecule has 0 N–H and O–H groups in total. The van der Waals surface area contributed by atoms with Crippen LogP contribution in [-0.4, -0.2) is 30.5 Å². The second-order valence-corrected chi connectivity index (χ2v) is 7.64. The van der Waals surface area contributed by atoms with E-state index in [0.717, 1.165) is 23.5 Å². The summed E-state index contributed by atoms with van der Waals surface area (Å²) in [6, 6.07) is 15.1. The molecule has 1 saturated carbocycles. The third-order valence-corrected chi connectivity index (χ3v) is 5.80. The number of ether oxygens (including phenoxy) is 1. The number of anilines is 1. The number of benzene rings is 2. The van der Waals surface area contributed by atoms with E-state index in [9.17, 15) is 0 Å². The molecule has 0 unspecified atom stereocenters. The van der Waals surface area contributed by atoms with Gasteiger partial charge in [0, 0.05) is 37.2 Å². The monoisotopic (exact) mass is 361 g/mol. The van der Waals surface area contributed by atoms with E-state index in [1.165, 1.54) is 29.7 Å². The van der Waals surface area contributed by atoms with Crippen molar-refractivity contribution >= 4 is 5.69 Å². The number of rotatable bonds is 6. The molecule has 2 aromatic carbocycles. The molecule has 0 spiro atoms. The van der Waals surface area contributed by atoms with Crippen LogP contribution in [0.3, 0.4) is 0 Å². The third-order valence-electron chi connectivity index (χ3n) is 5.80. The molecule has 3 aromatic rings. The van der Waals surface area contributed by atoms with Crippen molar-refractivity contribution < 1.29 is 4.74 Å². The molecule has 0 atom stereocenters. The van der Waals surface area contributed by atoms with Crippen molar-refractivity contribution in [1.29, 1.82) is 0 Å². The standard InChI is InChI=1S/C23H27N3O/c1-5-25(3)18-9-7-17(8-10-18)20-15-19(27-4)16-21(23(2)11-12-23)22(20)26-14-6-13-24-26/h6-10,13-16H,5,11-12H2,1-4H3. The molecule has 0 amide bonds. The molecule has 4 nitrogen and oxygen atoms in total. The van der Waals surface area contributed by atoms with E-state index >= 15 is 0 Å². The lowest BCUT2D eigenvalue weighted by atomic mass is 9.90. The van der Waals surface area contributed by atoms with Gasteiger partial charge in [-0.25, -0.2) is 4.68 Å². The fourth-order valence-electron chi connectivity index (χ4n) is 3.59. The molecule has 0 bridgehead atoms. The van der Waals surface area contributed by atoms with Crippen molar-refractivity contribution in [2.45, 2.75) is 32.1 Å². The zero-order chi connectivity index (χ0) is 19.0. The molecule has 4 heteroatoms. The van der Waals surface area contributed by atoms with Crippen LogP contribution in [0.25, 0.3) is 16.8 Å². The van der Waals surface area contributed by atoms with Gasteiger partial charge >= 0.3 is 0 Å². The van der Waals surface area contributed by atoms with Gasteiger partial charge in [-0.1, -0.05) is 19.1 Å². The fraction of sp³-hybridized carbons (Fsp3) is 0.348. The molecule has 0 saturated heterocycles. The van der Waals surface area contributed by atoms with E-state index in [1.54, 1.807) is 7.11 Å². The third kappa shape index (κ3) is 3.20. The molecular weight excluding hydrogens is 334 g/mol. The summed E-state index contributed by atoms with van der Waals surface area (Å²) in [5.74, 6) is 0.902. The molecule has 27 heavy (non-hydrogen) atoms. The van der Waals surface area contributed by atoms with Gasteiger partial charge in [-0.3, -0.25) is 0 Å². The normalized spacial score (nSPS) is 14.8. The summed E-state index contributed by atoms with van der Waals surface area (Å²) in [4.78, 5) is 2.24. The van der Waals surface area contributed by atoms with Crippen LogP contribution in [0.15, 0.2) is 54.9 Å². The Morgan fingerprint density at radius 3 is 2.48 bits per heavy atom. The molecule has 1 heterocycles. The molecule has 0 radical (unpaired) electrons. The minimum atomic E-state index is 0.201. The second kappa shape index (κ2) is 6.76. The van der Waals surface area contributed by atoms with Crippen molar-refractivity contribution in [3.05, 3.63) is 60.4 Å². The zero-order valence-corrected chi connectivity index (χ0v) is 16.6. The largest absolute Gasteiger partial charge is 0.497 e. The summed E-state index contributed by atoms with van der Waals surface area (Å²) in [6.45, 7) is 5.48. The van der Waals surface area contributed by atoms with Gasteiger partial charge in [0.05, 0.1) is 12.8 Å². The molecule has 1 aliphatic rings. The predicted octanol–water partition coefficient (Wildman–Crippen LogP) is 5.06. The minimum absolute atomic E-state index is 0.201. The fourth-order valence-corrected chi connectivity index (χ4v) is 3.59. The molecule has 0 aliphatic heterocycles. The van der Waals surface area contributed by atoms with Crippen molar-refractivity contribution in [2.24, 2.45) is 0 Å². The van der Waals surface area contributed by atoms with E-state index in [2.05, 4.69) is 67.3 Å². The highest BCUT2D eigenvalue weighted by atomic mass is 16.5. The summed E-state index contributed by atoms with van der Waals surface area (Å²) >= 11 is 0. The van der Waals surface area contributed by atoms with E-state index in [1.807, 2.05) is 23.1 Å². The zero-order valence-electron chi connectivity index (χ0n) is 16.6. The summed E-state index contributed by atoms with van der Waals surface area (Å²) in [6.07, 6.45) is 6.27. The Labute approximate surface area is 161 Å². The Morgan fingerprint density at radius 2 is 1.93 bits per heavy atom. The topological polar surface area (TPSA) is 30.3 Å². The highest BCUT2D eigenvalue weighted by Crippen LogP contribution is 2.52. The van der Waals surface area contributed by atoms with Crippen LogP contribution in [0.5, 0.6) is 5.75 Å². The molecule has 4 rings (SSSR count). The van der Waals surface area contributed by atoms with Gasteiger partial charge in [0.1, 0.15) is 5.75 Å². The average molecular weight is 361 g/mol. The van der Waals surface area contributed by atoms with Gasteiger partial charge in [0.2, 0.25) is 0 Å². The minimum Gasteiger partial charge on any atom is -0.497 e. The lowest BCUT2D eigenvalue weighted by Crippen LogP contribution is -2.15. The van der Waals surface area contributed by atoms with Crippen LogP contribution in [0.4, 0.5) is 5.69 Å². The van der Waals surface area contributed by atoms with Gasteiger partial charge in [-0.15, -0.1) is 0 Å². The van der Waals surface area contributed by atoms with Gasteiger partial charge in [-0.2, -0.15) is 5.10 Å². The van der Waals surface area contributed by atoms with E-state index in [4.69, 9.17) is 4.74 Å².